The van der Waals surface area contributed by atoms with E-state index in [-0.39, 0.29) is 5.78 Å². The number of benzene rings is 1. The molecule has 1 aromatic carbocycles. The smallest absolute Gasteiger partial charge is 0.176 e. The van der Waals surface area contributed by atoms with Gasteiger partial charge in [-0.2, -0.15) is 5.26 Å². The van der Waals surface area contributed by atoms with Crippen molar-refractivity contribution in [2.24, 2.45) is 0 Å². The van der Waals surface area contributed by atoms with Gasteiger partial charge in [0.15, 0.2) is 5.78 Å². The zero-order valence-electron chi connectivity index (χ0n) is 10.7. The number of hydrogen-bond acceptors (Lipinski definition) is 3. The van der Waals surface area contributed by atoms with Gasteiger partial charge in [0.1, 0.15) is 0 Å². The van der Waals surface area contributed by atoms with Crippen LogP contribution in [0.3, 0.4) is 0 Å². The maximum absolute atomic E-state index is 12.1. The fourth-order valence-corrected chi connectivity index (χ4v) is 2.57. The molecule has 18 heavy (non-hydrogen) atoms. The van der Waals surface area contributed by atoms with Crippen LogP contribution in [0.5, 0.6) is 0 Å². The molecule has 0 bridgehead atoms. The van der Waals surface area contributed by atoms with Crippen LogP contribution in [0.1, 0.15) is 42.1 Å². The molecule has 1 aromatic rings. The molecule has 0 spiro atoms. The molecule has 2 rings (SSSR count). The number of carbonyl (C=O) groups is 1. The zero-order valence-corrected chi connectivity index (χ0v) is 10.7. The number of Topliss-reactive ketones (excluding diaryl/α,β-unsaturated/α-hetero) is 1. The molecule has 1 aliphatic rings. The molecule has 0 aliphatic carbocycles. The molecule has 3 heteroatoms. The van der Waals surface area contributed by atoms with Crippen LogP contribution in [-0.4, -0.2) is 29.8 Å². The SMILES string of the molecule is CCC1CCCN1CC(=O)c1ccc(C#N)cc1. The van der Waals surface area contributed by atoms with Gasteiger partial charge in [0.2, 0.25) is 0 Å². The Hall–Kier alpha value is -1.66. The second kappa shape index (κ2) is 5.79. The summed E-state index contributed by atoms with van der Waals surface area (Å²) >= 11 is 0. The summed E-state index contributed by atoms with van der Waals surface area (Å²) in [7, 11) is 0. The molecule has 0 aromatic heterocycles. The van der Waals surface area contributed by atoms with Crippen molar-refractivity contribution in [3.05, 3.63) is 35.4 Å². The lowest BCUT2D eigenvalue weighted by Gasteiger charge is -2.22. The Labute approximate surface area is 108 Å². The Morgan fingerprint density at radius 3 is 2.78 bits per heavy atom. The van der Waals surface area contributed by atoms with Crippen molar-refractivity contribution < 1.29 is 4.79 Å². The van der Waals surface area contributed by atoms with Gasteiger partial charge < -0.3 is 0 Å². The van der Waals surface area contributed by atoms with E-state index in [1.165, 1.54) is 12.8 Å². The molecular weight excluding hydrogens is 224 g/mol. The molecule has 94 valence electrons. The van der Waals surface area contributed by atoms with Crippen LogP contribution in [0, 0.1) is 11.3 Å². The van der Waals surface area contributed by atoms with E-state index in [2.05, 4.69) is 17.9 Å². The van der Waals surface area contributed by atoms with E-state index in [0.717, 1.165) is 13.0 Å². The topological polar surface area (TPSA) is 44.1 Å². The predicted octanol–water partition coefficient (Wildman–Crippen LogP) is 2.62. The van der Waals surface area contributed by atoms with E-state index in [4.69, 9.17) is 5.26 Å². The minimum Gasteiger partial charge on any atom is -0.293 e. The fraction of sp³-hybridized carbons (Fsp3) is 0.467. The minimum atomic E-state index is 0.153. The van der Waals surface area contributed by atoms with Crippen molar-refractivity contribution >= 4 is 5.78 Å². The summed E-state index contributed by atoms with van der Waals surface area (Å²) in [4.78, 5) is 14.4. The maximum atomic E-state index is 12.1. The van der Waals surface area contributed by atoms with Crippen molar-refractivity contribution in [2.45, 2.75) is 32.2 Å². The first kappa shape index (κ1) is 12.8. The summed E-state index contributed by atoms with van der Waals surface area (Å²) in [5.74, 6) is 0.153. The molecule has 1 unspecified atom stereocenters. The van der Waals surface area contributed by atoms with Gasteiger partial charge >= 0.3 is 0 Å². The van der Waals surface area contributed by atoms with E-state index >= 15 is 0 Å². The lowest BCUT2D eigenvalue weighted by atomic mass is 10.1. The van der Waals surface area contributed by atoms with Crippen LogP contribution in [0.15, 0.2) is 24.3 Å². The van der Waals surface area contributed by atoms with Crippen molar-refractivity contribution in [3.8, 4) is 6.07 Å². The molecule has 1 atom stereocenters. The summed E-state index contributed by atoms with van der Waals surface area (Å²) in [6.07, 6.45) is 3.51. The predicted molar refractivity (Wildman–Crippen MR) is 70.4 cm³/mol. The molecule has 0 saturated carbocycles. The fourth-order valence-electron chi connectivity index (χ4n) is 2.57. The molecular formula is C15H18N2O. The number of carbonyl (C=O) groups excluding carboxylic acids is 1. The average Bonchev–Trinajstić information content (AvgIpc) is 2.86. The lowest BCUT2D eigenvalue weighted by Crippen LogP contribution is -2.33. The van der Waals surface area contributed by atoms with Crippen molar-refractivity contribution in [2.75, 3.05) is 13.1 Å². The van der Waals surface area contributed by atoms with Gasteiger partial charge in [0, 0.05) is 11.6 Å². The van der Waals surface area contributed by atoms with Crippen LogP contribution in [0.25, 0.3) is 0 Å². The summed E-state index contributed by atoms with van der Waals surface area (Å²) in [5, 5.41) is 8.72. The molecule has 0 N–H and O–H groups in total. The lowest BCUT2D eigenvalue weighted by molar-refractivity contribution is 0.0920. The van der Waals surface area contributed by atoms with Crippen LogP contribution in [-0.2, 0) is 0 Å². The van der Waals surface area contributed by atoms with Crippen molar-refractivity contribution in [3.63, 3.8) is 0 Å². The van der Waals surface area contributed by atoms with E-state index in [0.29, 0.717) is 23.7 Å². The number of likely N-dealkylation sites (tertiary alicyclic amines) is 1. The van der Waals surface area contributed by atoms with E-state index in [1.54, 1.807) is 24.3 Å². The van der Waals surface area contributed by atoms with E-state index in [1.807, 2.05) is 0 Å². The maximum Gasteiger partial charge on any atom is 0.176 e. The zero-order chi connectivity index (χ0) is 13.0. The Bertz CT molecular complexity index is 458. The molecule has 1 heterocycles. The Balaban J connectivity index is 2.01. The number of nitrogens with zero attached hydrogens (tertiary/aromatic N) is 2. The molecule has 0 amide bonds. The van der Waals surface area contributed by atoms with Gasteiger partial charge in [0.05, 0.1) is 18.2 Å². The van der Waals surface area contributed by atoms with Crippen molar-refractivity contribution in [1.82, 2.24) is 4.90 Å². The third kappa shape index (κ3) is 2.77. The Kier molecular flexibility index (Phi) is 4.11. The number of rotatable bonds is 4. The van der Waals surface area contributed by atoms with Crippen LogP contribution < -0.4 is 0 Å². The summed E-state index contributed by atoms with van der Waals surface area (Å²) < 4.78 is 0. The Morgan fingerprint density at radius 1 is 1.44 bits per heavy atom. The molecule has 0 radical (unpaired) electrons. The number of ketones is 1. The number of hydrogen-bond donors (Lipinski definition) is 0. The average molecular weight is 242 g/mol. The van der Waals surface area contributed by atoms with E-state index < -0.39 is 0 Å². The second-order valence-corrected chi connectivity index (χ2v) is 4.79. The largest absolute Gasteiger partial charge is 0.293 e. The van der Waals surface area contributed by atoms with E-state index in [9.17, 15) is 4.79 Å². The van der Waals surface area contributed by atoms with Gasteiger partial charge in [-0.05, 0) is 37.9 Å². The van der Waals surface area contributed by atoms with Gasteiger partial charge in [-0.25, -0.2) is 0 Å². The summed E-state index contributed by atoms with van der Waals surface area (Å²) in [6, 6.07) is 9.52. The van der Waals surface area contributed by atoms with Gasteiger partial charge in [-0.1, -0.05) is 19.1 Å². The highest BCUT2D eigenvalue weighted by Gasteiger charge is 2.24. The van der Waals surface area contributed by atoms with Gasteiger partial charge in [-0.15, -0.1) is 0 Å². The summed E-state index contributed by atoms with van der Waals surface area (Å²) in [6.45, 7) is 3.71. The van der Waals surface area contributed by atoms with Crippen LogP contribution in [0.4, 0.5) is 0 Å². The number of nitriles is 1. The highest BCUT2D eigenvalue weighted by Crippen LogP contribution is 2.20. The molecule has 1 fully saturated rings. The van der Waals surface area contributed by atoms with Crippen molar-refractivity contribution in [1.29, 1.82) is 5.26 Å². The Morgan fingerprint density at radius 2 is 2.17 bits per heavy atom. The molecule has 1 aliphatic heterocycles. The second-order valence-electron chi connectivity index (χ2n) is 4.79. The quantitative estimate of drug-likeness (QED) is 0.762. The molecule has 3 nitrogen and oxygen atoms in total. The third-order valence-electron chi connectivity index (χ3n) is 3.65. The standard InChI is InChI=1S/C15H18N2O/c1-2-14-4-3-9-17(14)11-15(18)13-7-5-12(10-16)6-8-13/h5-8,14H,2-4,9,11H2,1H3. The van der Waals surface area contributed by atoms with Crippen LogP contribution in [0.2, 0.25) is 0 Å². The first-order valence-corrected chi connectivity index (χ1v) is 6.52. The van der Waals surface area contributed by atoms with Gasteiger partial charge in [-0.3, -0.25) is 9.69 Å². The first-order valence-electron chi connectivity index (χ1n) is 6.52. The monoisotopic (exact) mass is 242 g/mol. The first-order chi connectivity index (χ1) is 8.74. The minimum absolute atomic E-state index is 0.153. The normalized spacial score (nSPS) is 19.7. The highest BCUT2D eigenvalue weighted by molar-refractivity contribution is 5.97. The highest BCUT2D eigenvalue weighted by atomic mass is 16.1. The summed E-state index contributed by atoms with van der Waals surface area (Å²) in [5.41, 5.74) is 1.30. The van der Waals surface area contributed by atoms with Crippen LogP contribution >= 0.6 is 0 Å². The molecule has 1 saturated heterocycles. The van der Waals surface area contributed by atoms with Gasteiger partial charge in [0.25, 0.3) is 0 Å². The third-order valence-corrected chi connectivity index (χ3v) is 3.65.